The van der Waals surface area contributed by atoms with E-state index in [1.54, 1.807) is 6.07 Å². The van der Waals surface area contributed by atoms with Gasteiger partial charge in [0.05, 0.1) is 17.9 Å². The highest BCUT2D eigenvalue weighted by Gasteiger charge is 2.50. The van der Waals surface area contributed by atoms with Crippen molar-refractivity contribution in [2.45, 2.75) is 12.5 Å². The molecule has 3 atom stereocenters. The predicted molar refractivity (Wildman–Crippen MR) is 101 cm³/mol. The molecule has 27 heavy (non-hydrogen) atoms. The van der Waals surface area contributed by atoms with Crippen LogP contribution in [0.2, 0.25) is 0 Å². The first-order valence-electron chi connectivity index (χ1n) is 9.36. The average molecular weight is 366 g/mol. The van der Waals surface area contributed by atoms with E-state index in [2.05, 4.69) is 23.5 Å². The van der Waals surface area contributed by atoms with E-state index in [1.165, 1.54) is 18.1 Å². The second-order valence-electron chi connectivity index (χ2n) is 7.39. The van der Waals surface area contributed by atoms with Gasteiger partial charge in [0.15, 0.2) is 0 Å². The highest BCUT2D eigenvalue weighted by Crippen LogP contribution is 2.37. The van der Waals surface area contributed by atoms with Crippen molar-refractivity contribution in [3.8, 4) is 0 Å². The molecule has 1 aromatic heterocycles. The molecule has 2 fully saturated rings. The summed E-state index contributed by atoms with van der Waals surface area (Å²) in [5.74, 6) is 0.0651. The number of carbonyl (C=O) groups excluding carboxylic acids is 2. The lowest BCUT2D eigenvalue weighted by Gasteiger charge is -2.27. The zero-order valence-corrected chi connectivity index (χ0v) is 15.2. The Hall–Kier alpha value is -2.60. The maximum absolute atomic E-state index is 12.6. The Balaban J connectivity index is 1.37. The minimum absolute atomic E-state index is 0.0367. The number of amides is 2. The average Bonchev–Trinajstić information content (AvgIpc) is 3.37. The second kappa shape index (κ2) is 7.56. The molecule has 0 saturated carbocycles. The number of furan rings is 1. The summed E-state index contributed by atoms with van der Waals surface area (Å²) in [6, 6.07) is 11.6. The molecule has 2 unspecified atom stereocenters. The van der Waals surface area contributed by atoms with E-state index in [1.807, 2.05) is 23.1 Å². The lowest BCUT2D eigenvalue weighted by atomic mass is 9.94. The van der Waals surface area contributed by atoms with Crippen molar-refractivity contribution in [3.05, 3.63) is 66.5 Å². The van der Waals surface area contributed by atoms with Crippen LogP contribution in [0.3, 0.4) is 0 Å². The number of nitrogens with zero attached hydrogens (tertiary/aromatic N) is 2. The third kappa shape index (κ3) is 3.62. The Kier molecular flexibility index (Phi) is 4.99. The number of fused-ring (bicyclic) bond motifs is 1. The maximum Gasteiger partial charge on any atom is 0.257 e. The molecule has 6 heteroatoms. The van der Waals surface area contributed by atoms with Crippen LogP contribution in [-0.4, -0.2) is 53.8 Å². The van der Waals surface area contributed by atoms with Crippen molar-refractivity contribution >= 4 is 11.8 Å². The van der Waals surface area contributed by atoms with E-state index in [-0.39, 0.29) is 29.7 Å². The number of rotatable bonds is 6. The van der Waals surface area contributed by atoms with Crippen molar-refractivity contribution in [3.63, 3.8) is 0 Å². The van der Waals surface area contributed by atoms with Gasteiger partial charge in [-0.05, 0) is 36.9 Å². The normalized spacial score (nSPS) is 24.9. The van der Waals surface area contributed by atoms with Crippen LogP contribution >= 0.6 is 0 Å². The van der Waals surface area contributed by atoms with Crippen LogP contribution < -0.4 is 5.73 Å². The molecular formula is C21H24N3O3. The number of benzene rings is 1. The summed E-state index contributed by atoms with van der Waals surface area (Å²) in [4.78, 5) is 28.7. The van der Waals surface area contributed by atoms with Gasteiger partial charge in [-0.2, -0.15) is 0 Å². The molecule has 141 valence electrons. The van der Waals surface area contributed by atoms with Crippen LogP contribution in [-0.2, 0) is 4.79 Å². The van der Waals surface area contributed by atoms with Crippen LogP contribution in [0.1, 0.15) is 22.3 Å². The minimum Gasteiger partial charge on any atom is -0.472 e. The van der Waals surface area contributed by atoms with Crippen LogP contribution in [0.25, 0.3) is 0 Å². The molecule has 0 bridgehead atoms. The zero-order chi connectivity index (χ0) is 18.8. The smallest absolute Gasteiger partial charge is 0.257 e. The summed E-state index contributed by atoms with van der Waals surface area (Å²) >= 11 is 0. The number of hydrogen-bond donors (Lipinski definition) is 1. The predicted octanol–water partition coefficient (Wildman–Crippen LogP) is 1.78. The first kappa shape index (κ1) is 17.8. The lowest BCUT2D eigenvalue weighted by Crippen LogP contribution is -2.46. The van der Waals surface area contributed by atoms with Gasteiger partial charge in [-0.15, -0.1) is 0 Å². The fraction of sp³-hybridized carbons (Fsp3) is 0.381. The van der Waals surface area contributed by atoms with Gasteiger partial charge in [0, 0.05) is 25.6 Å². The van der Waals surface area contributed by atoms with Crippen molar-refractivity contribution in [1.29, 1.82) is 0 Å². The number of nitrogens with two attached hydrogens (primary N) is 1. The zero-order valence-electron chi connectivity index (χ0n) is 15.2. The van der Waals surface area contributed by atoms with E-state index in [0.717, 1.165) is 19.5 Å². The molecule has 2 saturated heterocycles. The Morgan fingerprint density at radius 2 is 1.96 bits per heavy atom. The third-order valence-electron chi connectivity index (χ3n) is 5.70. The topological polar surface area (TPSA) is 79.8 Å². The Morgan fingerprint density at radius 1 is 1.15 bits per heavy atom. The van der Waals surface area contributed by atoms with Gasteiger partial charge in [0.2, 0.25) is 5.91 Å². The van der Waals surface area contributed by atoms with E-state index < -0.39 is 0 Å². The summed E-state index contributed by atoms with van der Waals surface area (Å²) in [6.45, 7) is 2.83. The van der Waals surface area contributed by atoms with Gasteiger partial charge in [-0.25, -0.2) is 0 Å². The van der Waals surface area contributed by atoms with Crippen molar-refractivity contribution in [2.75, 3.05) is 26.2 Å². The first-order chi connectivity index (χ1) is 13.1. The third-order valence-corrected chi connectivity index (χ3v) is 5.70. The fourth-order valence-electron chi connectivity index (χ4n) is 4.47. The van der Waals surface area contributed by atoms with Gasteiger partial charge < -0.3 is 15.1 Å². The number of primary amides is 1. The fourth-order valence-corrected chi connectivity index (χ4v) is 4.47. The van der Waals surface area contributed by atoms with E-state index in [4.69, 9.17) is 10.2 Å². The molecular weight excluding hydrogens is 342 g/mol. The maximum atomic E-state index is 12.6. The molecule has 2 aliphatic heterocycles. The van der Waals surface area contributed by atoms with Crippen LogP contribution in [0.5, 0.6) is 0 Å². The number of hydrogen-bond acceptors (Lipinski definition) is 4. The molecule has 2 aromatic rings. The molecule has 2 amide bonds. The minimum atomic E-state index is -0.304. The Bertz CT molecular complexity index is 790. The first-order valence-corrected chi connectivity index (χ1v) is 9.36. The van der Waals surface area contributed by atoms with Crippen LogP contribution in [0.4, 0.5) is 0 Å². The number of likely N-dealkylation sites (tertiary alicyclic amines) is 2. The lowest BCUT2D eigenvalue weighted by molar-refractivity contribution is -0.123. The van der Waals surface area contributed by atoms with Crippen molar-refractivity contribution < 1.29 is 14.0 Å². The van der Waals surface area contributed by atoms with Gasteiger partial charge in [0.25, 0.3) is 5.91 Å². The van der Waals surface area contributed by atoms with Crippen LogP contribution in [0.15, 0.2) is 53.3 Å². The quantitative estimate of drug-likeness (QED) is 0.845. The molecule has 2 aliphatic rings. The van der Waals surface area contributed by atoms with E-state index in [9.17, 15) is 9.59 Å². The SMILES string of the molecule is NC(=O)C1[C@@H]2CN(C(=O)c3ccoc3)CC2CN1CC[CH]c1ccccc1. The van der Waals surface area contributed by atoms with Gasteiger partial charge in [-0.1, -0.05) is 30.3 Å². The summed E-state index contributed by atoms with van der Waals surface area (Å²) in [5.41, 5.74) is 7.47. The molecule has 1 radical (unpaired) electrons. The molecule has 0 spiro atoms. The number of carbonyl (C=O) groups is 2. The molecule has 4 rings (SSSR count). The summed E-state index contributed by atoms with van der Waals surface area (Å²) in [7, 11) is 0. The molecule has 2 N–H and O–H groups in total. The summed E-state index contributed by atoms with van der Waals surface area (Å²) in [5, 5.41) is 0. The van der Waals surface area contributed by atoms with Gasteiger partial charge in [0.1, 0.15) is 6.26 Å². The molecule has 0 aliphatic carbocycles. The largest absolute Gasteiger partial charge is 0.472 e. The Morgan fingerprint density at radius 3 is 2.67 bits per heavy atom. The van der Waals surface area contributed by atoms with Crippen molar-refractivity contribution in [2.24, 2.45) is 17.6 Å². The van der Waals surface area contributed by atoms with E-state index >= 15 is 0 Å². The molecule has 1 aromatic carbocycles. The summed E-state index contributed by atoms with van der Waals surface area (Å²) in [6.07, 6.45) is 6.01. The van der Waals surface area contributed by atoms with Crippen LogP contribution in [0, 0.1) is 18.3 Å². The standard InChI is InChI=1S/C21H24N3O3/c22-20(25)19-18-13-24(21(26)16-8-10-27-14-16)12-17(18)11-23(19)9-4-7-15-5-2-1-3-6-15/h1-3,5-8,10,14,17-19H,4,9,11-13H2,(H2,22,25)/t17?,18-,19?/m1/s1. The van der Waals surface area contributed by atoms with E-state index in [0.29, 0.717) is 18.7 Å². The van der Waals surface area contributed by atoms with Gasteiger partial charge >= 0.3 is 0 Å². The van der Waals surface area contributed by atoms with Crippen molar-refractivity contribution in [1.82, 2.24) is 9.80 Å². The highest BCUT2D eigenvalue weighted by atomic mass is 16.3. The molecule has 3 heterocycles. The molecule has 6 nitrogen and oxygen atoms in total. The summed E-state index contributed by atoms with van der Waals surface area (Å²) < 4.78 is 5.01. The highest BCUT2D eigenvalue weighted by molar-refractivity contribution is 5.94. The van der Waals surface area contributed by atoms with Gasteiger partial charge in [-0.3, -0.25) is 14.5 Å². The monoisotopic (exact) mass is 366 g/mol. The second-order valence-corrected chi connectivity index (χ2v) is 7.39. The Labute approximate surface area is 158 Å².